The van der Waals surface area contributed by atoms with E-state index in [1.807, 2.05) is 60.1 Å². The van der Waals surface area contributed by atoms with E-state index in [4.69, 9.17) is 5.26 Å². The highest BCUT2D eigenvalue weighted by Gasteiger charge is 2.13. The van der Waals surface area contributed by atoms with Gasteiger partial charge in [0.15, 0.2) is 5.65 Å². The summed E-state index contributed by atoms with van der Waals surface area (Å²) in [6, 6.07) is 21.1. The standard InChI is InChI=1S/C21H16N6/c1-15-20-19(25-24-14-17-9-7-16(13-22)8-10-17)11-12-23-21(20)27(26-15)18-5-3-2-4-6-18/h2-12,14H,1H3,(H,23,25)/b24-14+. The molecule has 6 heteroatoms. The fraction of sp³-hybridized carbons (Fsp3) is 0.0476. The molecule has 0 aliphatic carbocycles. The maximum absolute atomic E-state index is 8.85. The van der Waals surface area contributed by atoms with Crippen molar-refractivity contribution in [2.75, 3.05) is 5.43 Å². The lowest BCUT2D eigenvalue weighted by atomic mass is 10.2. The Balaban J connectivity index is 1.65. The number of fused-ring (bicyclic) bond motifs is 1. The van der Waals surface area contributed by atoms with E-state index in [1.54, 1.807) is 24.5 Å². The Kier molecular flexibility index (Phi) is 4.33. The van der Waals surface area contributed by atoms with Gasteiger partial charge in [-0.2, -0.15) is 15.5 Å². The third-order valence-electron chi connectivity index (χ3n) is 4.18. The second kappa shape index (κ2) is 7.10. The van der Waals surface area contributed by atoms with Crippen LogP contribution in [0.25, 0.3) is 16.7 Å². The van der Waals surface area contributed by atoms with Crippen LogP contribution in [0.5, 0.6) is 0 Å². The molecule has 6 nitrogen and oxygen atoms in total. The van der Waals surface area contributed by atoms with Gasteiger partial charge in [-0.1, -0.05) is 30.3 Å². The van der Waals surface area contributed by atoms with Gasteiger partial charge < -0.3 is 0 Å². The zero-order valence-electron chi connectivity index (χ0n) is 14.7. The Morgan fingerprint density at radius 2 is 1.85 bits per heavy atom. The molecule has 0 amide bonds. The Bertz CT molecular complexity index is 1150. The molecule has 0 unspecified atom stereocenters. The normalized spacial score (nSPS) is 11.0. The van der Waals surface area contributed by atoms with E-state index in [0.29, 0.717) is 5.56 Å². The second-order valence-electron chi connectivity index (χ2n) is 5.99. The molecule has 2 aromatic heterocycles. The maximum atomic E-state index is 8.85. The molecule has 0 radical (unpaired) electrons. The number of anilines is 1. The van der Waals surface area contributed by atoms with Gasteiger partial charge in [-0.05, 0) is 42.8 Å². The number of pyridine rings is 1. The van der Waals surface area contributed by atoms with Gasteiger partial charge in [-0.3, -0.25) is 5.43 Å². The number of aromatic nitrogens is 3. The number of benzene rings is 2. The summed E-state index contributed by atoms with van der Waals surface area (Å²) in [4.78, 5) is 4.50. The van der Waals surface area contributed by atoms with Crippen molar-refractivity contribution in [3.05, 3.63) is 83.7 Å². The first-order chi connectivity index (χ1) is 13.3. The van der Waals surface area contributed by atoms with Gasteiger partial charge in [-0.25, -0.2) is 9.67 Å². The topological polar surface area (TPSA) is 78.9 Å². The van der Waals surface area contributed by atoms with Crippen molar-refractivity contribution in [2.45, 2.75) is 6.92 Å². The lowest BCUT2D eigenvalue weighted by Crippen LogP contribution is -1.97. The van der Waals surface area contributed by atoms with Crippen LogP contribution in [0.15, 0.2) is 72.0 Å². The van der Waals surface area contributed by atoms with Gasteiger partial charge in [0.25, 0.3) is 0 Å². The zero-order valence-corrected chi connectivity index (χ0v) is 14.7. The highest BCUT2D eigenvalue weighted by Crippen LogP contribution is 2.26. The van der Waals surface area contributed by atoms with Crippen LogP contribution in [0.2, 0.25) is 0 Å². The largest absolute Gasteiger partial charge is 0.278 e. The molecular weight excluding hydrogens is 336 g/mol. The predicted molar refractivity (Wildman–Crippen MR) is 106 cm³/mol. The van der Waals surface area contributed by atoms with E-state index in [-0.39, 0.29) is 0 Å². The number of nitrogens with zero attached hydrogens (tertiary/aromatic N) is 5. The van der Waals surface area contributed by atoms with Crippen LogP contribution < -0.4 is 5.43 Å². The summed E-state index contributed by atoms with van der Waals surface area (Å²) in [5, 5.41) is 18.7. The van der Waals surface area contributed by atoms with Crippen molar-refractivity contribution in [3.8, 4) is 11.8 Å². The molecule has 0 saturated heterocycles. The van der Waals surface area contributed by atoms with Crippen LogP contribution in [0.1, 0.15) is 16.8 Å². The highest BCUT2D eigenvalue weighted by molar-refractivity contribution is 5.92. The zero-order chi connectivity index (χ0) is 18.6. The first-order valence-corrected chi connectivity index (χ1v) is 8.45. The van der Waals surface area contributed by atoms with E-state index >= 15 is 0 Å². The fourth-order valence-electron chi connectivity index (χ4n) is 2.88. The quantitative estimate of drug-likeness (QED) is 0.444. The molecule has 0 saturated carbocycles. The third kappa shape index (κ3) is 3.26. The first kappa shape index (κ1) is 16.5. The summed E-state index contributed by atoms with van der Waals surface area (Å²) in [5.41, 5.74) is 8.06. The number of para-hydroxylation sites is 1. The molecule has 27 heavy (non-hydrogen) atoms. The predicted octanol–water partition coefficient (Wildman–Crippen LogP) is 4.05. The van der Waals surface area contributed by atoms with Crippen LogP contribution in [0.4, 0.5) is 5.69 Å². The van der Waals surface area contributed by atoms with Crippen molar-refractivity contribution < 1.29 is 0 Å². The molecule has 4 rings (SSSR count). The van der Waals surface area contributed by atoms with Crippen molar-refractivity contribution in [2.24, 2.45) is 5.10 Å². The first-order valence-electron chi connectivity index (χ1n) is 8.45. The Labute approximate surface area is 156 Å². The highest BCUT2D eigenvalue weighted by atomic mass is 15.3. The fourth-order valence-corrected chi connectivity index (χ4v) is 2.88. The molecule has 0 atom stereocenters. The lowest BCUT2D eigenvalue weighted by molar-refractivity contribution is 0.878. The molecule has 0 fully saturated rings. The van der Waals surface area contributed by atoms with E-state index in [1.165, 1.54) is 0 Å². The Hall–Kier alpha value is -3.98. The van der Waals surface area contributed by atoms with Gasteiger partial charge in [0, 0.05) is 6.20 Å². The van der Waals surface area contributed by atoms with Gasteiger partial charge in [0.1, 0.15) is 0 Å². The van der Waals surface area contributed by atoms with E-state index in [0.717, 1.165) is 33.7 Å². The lowest BCUT2D eigenvalue weighted by Gasteiger charge is -2.04. The van der Waals surface area contributed by atoms with E-state index < -0.39 is 0 Å². The monoisotopic (exact) mass is 352 g/mol. The summed E-state index contributed by atoms with van der Waals surface area (Å²) in [6.07, 6.45) is 3.45. The van der Waals surface area contributed by atoms with E-state index in [2.05, 4.69) is 26.7 Å². The Morgan fingerprint density at radius 1 is 1.07 bits per heavy atom. The molecule has 0 aliphatic rings. The summed E-state index contributed by atoms with van der Waals surface area (Å²) < 4.78 is 1.83. The van der Waals surface area contributed by atoms with Crippen molar-refractivity contribution in [1.82, 2.24) is 14.8 Å². The van der Waals surface area contributed by atoms with Crippen LogP contribution in [-0.2, 0) is 0 Å². The summed E-state index contributed by atoms with van der Waals surface area (Å²) in [7, 11) is 0. The molecule has 2 heterocycles. The molecule has 0 aliphatic heterocycles. The summed E-state index contributed by atoms with van der Waals surface area (Å²) in [5.74, 6) is 0. The number of hydrogen-bond donors (Lipinski definition) is 1. The average Bonchev–Trinajstić information content (AvgIpc) is 3.07. The van der Waals surface area contributed by atoms with Crippen LogP contribution >= 0.6 is 0 Å². The number of rotatable bonds is 4. The molecule has 2 aromatic carbocycles. The molecule has 4 aromatic rings. The minimum absolute atomic E-state index is 0.625. The number of nitriles is 1. The molecule has 0 bridgehead atoms. The van der Waals surface area contributed by atoms with Gasteiger partial charge in [0.2, 0.25) is 0 Å². The molecular formula is C21H16N6. The maximum Gasteiger partial charge on any atom is 0.165 e. The summed E-state index contributed by atoms with van der Waals surface area (Å²) in [6.45, 7) is 1.96. The van der Waals surface area contributed by atoms with Crippen LogP contribution in [0.3, 0.4) is 0 Å². The van der Waals surface area contributed by atoms with E-state index in [9.17, 15) is 0 Å². The SMILES string of the molecule is Cc1nn(-c2ccccc2)c2nccc(N/N=C/c3ccc(C#N)cc3)c12. The smallest absolute Gasteiger partial charge is 0.165 e. The minimum Gasteiger partial charge on any atom is -0.278 e. The third-order valence-corrected chi connectivity index (χ3v) is 4.18. The minimum atomic E-state index is 0.625. The number of hydrogen-bond acceptors (Lipinski definition) is 5. The second-order valence-corrected chi connectivity index (χ2v) is 5.99. The number of hydrazone groups is 1. The number of aryl methyl sites for hydroxylation is 1. The average molecular weight is 352 g/mol. The molecule has 130 valence electrons. The number of nitrogens with one attached hydrogen (secondary N) is 1. The van der Waals surface area contributed by atoms with Crippen LogP contribution in [0, 0.1) is 18.3 Å². The van der Waals surface area contributed by atoms with Crippen molar-refractivity contribution in [3.63, 3.8) is 0 Å². The van der Waals surface area contributed by atoms with Crippen LogP contribution in [-0.4, -0.2) is 21.0 Å². The van der Waals surface area contributed by atoms with Gasteiger partial charge >= 0.3 is 0 Å². The molecule has 1 N–H and O–H groups in total. The summed E-state index contributed by atoms with van der Waals surface area (Å²) >= 11 is 0. The van der Waals surface area contributed by atoms with Crippen molar-refractivity contribution >= 4 is 22.9 Å². The van der Waals surface area contributed by atoms with Crippen molar-refractivity contribution in [1.29, 1.82) is 5.26 Å². The van der Waals surface area contributed by atoms with Gasteiger partial charge in [-0.15, -0.1) is 0 Å². The molecule has 0 spiro atoms. The van der Waals surface area contributed by atoms with Gasteiger partial charge in [0.05, 0.1) is 40.3 Å². The Morgan fingerprint density at radius 3 is 2.59 bits per heavy atom.